The van der Waals surface area contributed by atoms with Crippen LogP contribution in [0, 0.1) is 0 Å². The van der Waals surface area contributed by atoms with E-state index in [-0.39, 0.29) is 11.5 Å². The second-order valence-corrected chi connectivity index (χ2v) is 4.09. The number of likely N-dealkylation sites (tertiary alicyclic amines) is 1. The second-order valence-electron chi connectivity index (χ2n) is 3.36. The molecule has 0 spiro atoms. The molecule has 0 aromatic heterocycles. The van der Waals surface area contributed by atoms with Gasteiger partial charge in [0.15, 0.2) is 0 Å². The number of ether oxygens (including phenoxy) is 1. The van der Waals surface area contributed by atoms with Crippen molar-refractivity contribution in [2.75, 3.05) is 20.2 Å². The highest BCUT2D eigenvalue weighted by Crippen LogP contribution is 2.18. The van der Waals surface area contributed by atoms with E-state index >= 15 is 0 Å². The maximum Gasteiger partial charge on any atom is 0.114 e. The van der Waals surface area contributed by atoms with Crippen molar-refractivity contribution in [3.8, 4) is 0 Å². The molecule has 0 radical (unpaired) electrons. The first kappa shape index (κ1) is 10.3. The number of hydrogen-bond donors (Lipinski definition) is 1. The minimum Gasteiger partial charge on any atom is -0.367 e. The first-order chi connectivity index (χ1) is 5.59. The summed E-state index contributed by atoms with van der Waals surface area (Å²) in [5, 5.41) is 0. The van der Waals surface area contributed by atoms with E-state index in [0.29, 0.717) is 19.6 Å². The summed E-state index contributed by atoms with van der Waals surface area (Å²) in [5.41, 5.74) is -0.0583. The summed E-state index contributed by atoms with van der Waals surface area (Å²) in [5.74, 6) is 0. The lowest BCUT2D eigenvalue weighted by molar-refractivity contribution is 0.0785. The van der Waals surface area contributed by atoms with Crippen LogP contribution in [0.3, 0.4) is 0 Å². The Morgan fingerprint density at radius 3 is 2.83 bits per heavy atom. The molecule has 0 amide bonds. The lowest BCUT2D eigenvalue weighted by atomic mass is 10.2. The maximum atomic E-state index is 12.8. The molecule has 1 aliphatic rings. The Morgan fingerprint density at radius 1 is 1.75 bits per heavy atom. The molecule has 3 atom stereocenters. The lowest BCUT2D eigenvalue weighted by Crippen LogP contribution is -2.30. The summed E-state index contributed by atoms with van der Waals surface area (Å²) in [6.45, 7) is 2.99. The van der Waals surface area contributed by atoms with Gasteiger partial charge in [-0.3, -0.25) is 4.90 Å². The molecule has 1 unspecified atom stereocenters. The normalized spacial score (nSPS) is 34.0. The monoisotopic (exact) mass is 193 g/mol. The number of likely N-dealkylation sites (N-methyl/N-ethyl adjacent to an activating group) is 1. The molecule has 0 N–H and O–H groups in total. The minimum absolute atomic E-state index is 0.0583. The molecule has 1 fully saturated rings. The average molecular weight is 193 g/mol. The van der Waals surface area contributed by atoms with Gasteiger partial charge in [-0.05, 0) is 20.4 Å². The van der Waals surface area contributed by atoms with Gasteiger partial charge in [0.1, 0.15) is 6.17 Å². The van der Waals surface area contributed by atoms with Gasteiger partial charge in [0.25, 0.3) is 0 Å². The SMILES string of the molecule is CC(S)OC[C@H]1C[C@@H](F)CN1C. The first-order valence-electron chi connectivity index (χ1n) is 4.23. The summed E-state index contributed by atoms with van der Waals surface area (Å²) in [6, 6.07) is 0.231. The molecule has 4 heteroatoms. The molecule has 12 heavy (non-hydrogen) atoms. The van der Waals surface area contributed by atoms with E-state index in [4.69, 9.17) is 4.74 Å². The fraction of sp³-hybridized carbons (Fsp3) is 1.00. The predicted molar refractivity (Wildman–Crippen MR) is 50.3 cm³/mol. The van der Waals surface area contributed by atoms with Gasteiger partial charge in [0.2, 0.25) is 0 Å². The summed E-state index contributed by atoms with van der Waals surface area (Å²) >= 11 is 4.09. The summed E-state index contributed by atoms with van der Waals surface area (Å²) in [4.78, 5) is 2.00. The molecule has 0 bridgehead atoms. The van der Waals surface area contributed by atoms with Crippen molar-refractivity contribution in [1.82, 2.24) is 4.90 Å². The van der Waals surface area contributed by atoms with Crippen LogP contribution in [0.2, 0.25) is 0 Å². The zero-order valence-electron chi connectivity index (χ0n) is 7.53. The van der Waals surface area contributed by atoms with Crippen LogP contribution in [0.15, 0.2) is 0 Å². The molecule has 2 nitrogen and oxygen atoms in total. The van der Waals surface area contributed by atoms with Crippen LogP contribution in [0.25, 0.3) is 0 Å². The van der Waals surface area contributed by atoms with Crippen LogP contribution < -0.4 is 0 Å². The van der Waals surface area contributed by atoms with Crippen LogP contribution in [-0.2, 0) is 4.74 Å². The molecular weight excluding hydrogens is 177 g/mol. The minimum atomic E-state index is -0.682. The highest BCUT2D eigenvalue weighted by atomic mass is 32.1. The number of rotatable bonds is 3. The molecule has 1 aliphatic heterocycles. The fourth-order valence-corrected chi connectivity index (χ4v) is 1.54. The number of thiol groups is 1. The van der Waals surface area contributed by atoms with Crippen LogP contribution in [0.5, 0.6) is 0 Å². The third-order valence-corrected chi connectivity index (χ3v) is 2.32. The summed E-state index contributed by atoms with van der Waals surface area (Å²) < 4.78 is 18.1. The molecule has 1 rings (SSSR count). The van der Waals surface area contributed by atoms with Gasteiger partial charge < -0.3 is 4.74 Å². The van der Waals surface area contributed by atoms with Crippen molar-refractivity contribution in [2.24, 2.45) is 0 Å². The number of hydrogen-bond acceptors (Lipinski definition) is 3. The molecule has 0 aliphatic carbocycles. The van der Waals surface area contributed by atoms with Gasteiger partial charge >= 0.3 is 0 Å². The number of halogens is 1. The third-order valence-electron chi connectivity index (χ3n) is 2.17. The molecule has 0 aromatic carbocycles. The maximum absolute atomic E-state index is 12.8. The van der Waals surface area contributed by atoms with Gasteiger partial charge in [-0.2, -0.15) is 0 Å². The standard InChI is InChI=1S/C8H16FNOS/c1-6(12)11-5-8-3-7(9)4-10(8)2/h6-8,12H,3-5H2,1-2H3/t6?,7-,8-/m1/s1. The summed E-state index contributed by atoms with van der Waals surface area (Å²) in [7, 11) is 1.93. The fourth-order valence-electron chi connectivity index (χ4n) is 1.46. The van der Waals surface area contributed by atoms with E-state index in [1.54, 1.807) is 0 Å². The van der Waals surface area contributed by atoms with Crippen molar-refractivity contribution in [3.63, 3.8) is 0 Å². The highest BCUT2D eigenvalue weighted by Gasteiger charge is 2.29. The smallest absolute Gasteiger partial charge is 0.114 e. The van der Waals surface area contributed by atoms with E-state index in [0.717, 1.165) is 0 Å². The predicted octanol–water partition coefficient (Wildman–Crippen LogP) is 1.32. The van der Waals surface area contributed by atoms with Crippen molar-refractivity contribution in [1.29, 1.82) is 0 Å². The second kappa shape index (κ2) is 4.44. The average Bonchev–Trinajstić information content (AvgIpc) is 2.26. The molecule has 1 heterocycles. The van der Waals surface area contributed by atoms with Crippen LogP contribution in [-0.4, -0.2) is 42.7 Å². The van der Waals surface area contributed by atoms with Gasteiger partial charge in [-0.1, -0.05) is 0 Å². The zero-order chi connectivity index (χ0) is 9.14. The topological polar surface area (TPSA) is 12.5 Å². The van der Waals surface area contributed by atoms with E-state index in [1.165, 1.54) is 0 Å². The number of nitrogens with zero attached hydrogens (tertiary/aromatic N) is 1. The largest absolute Gasteiger partial charge is 0.367 e. The highest BCUT2D eigenvalue weighted by molar-refractivity contribution is 7.80. The Bertz CT molecular complexity index is 145. The first-order valence-corrected chi connectivity index (χ1v) is 4.75. The van der Waals surface area contributed by atoms with Crippen LogP contribution in [0.1, 0.15) is 13.3 Å². The van der Waals surface area contributed by atoms with E-state index in [9.17, 15) is 4.39 Å². The Hall–Kier alpha value is 0.200. The van der Waals surface area contributed by atoms with E-state index < -0.39 is 6.17 Å². The molecule has 0 saturated carbocycles. The Balaban J connectivity index is 2.23. The summed E-state index contributed by atoms with van der Waals surface area (Å²) in [6.07, 6.45) is -0.0874. The molecular formula is C8H16FNOS. The Morgan fingerprint density at radius 2 is 2.42 bits per heavy atom. The van der Waals surface area contributed by atoms with Crippen molar-refractivity contribution >= 4 is 12.6 Å². The zero-order valence-corrected chi connectivity index (χ0v) is 8.43. The van der Waals surface area contributed by atoms with Crippen molar-refractivity contribution < 1.29 is 9.13 Å². The Labute approximate surface area is 78.5 Å². The Kier molecular flexibility index (Phi) is 3.80. The van der Waals surface area contributed by atoms with Gasteiger partial charge in [0.05, 0.1) is 12.0 Å². The van der Waals surface area contributed by atoms with Crippen molar-refractivity contribution in [2.45, 2.75) is 31.0 Å². The lowest BCUT2D eigenvalue weighted by Gasteiger charge is -2.19. The van der Waals surface area contributed by atoms with E-state index in [2.05, 4.69) is 12.6 Å². The molecule has 0 aromatic rings. The van der Waals surface area contributed by atoms with Gasteiger partial charge in [-0.25, -0.2) is 4.39 Å². The van der Waals surface area contributed by atoms with Gasteiger partial charge in [0, 0.05) is 12.6 Å². The van der Waals surface area contributed by atoms with Crippen LogP contribution in [0.4, 0.5) is 4.39 Å². The third kappa shape index (κ3) is 2.92. The van der Waals surface area contributed by atoms with Crippen LogP contribution >= 0.6 is 12.6 Å². The molecule has 72 valence electrons. The quantitative estimate of drug-likeness (QED) is 0.536. The number of alkyl halides is 1. The van der Waals surface area contributed by atoms with E-state index in [1.807, 2.05) is 18.9 Å². The molecule has 1 saturated heterocycles. The van der Waals surface area contributed by atoms with Crippen molar-refractivity contribution in [3.05, 3.63) is 0 Å². The van der Waals surface area contributed by atoms with Gasteiger partial charge in [-0.15, -0.1) is 12.6 Å².